The first kappa shape index (κ1) is 10.3. The molecular formula is C9H18N2O2. The van der Waals surface area contributed by atoms with Crippen molar-refractivity contribution in [2.75, 3.05) is 6.54 Å². The van der Waals surface area contributed by atoms with Crippen LogP contribution in [0.25, 0.3) is 0 Å². The highest BCUT2D eigenvalue weighted by atomic mass is 16.6. The van der Waals surface area contributed by atoms with Gasteiger partial charge in [0.25, 0.3) is 0 Å². The molecule has 0 bridgehead atoms. The van der Waals surface area contributed by atoms with Crippen LogP contribution in [-0.4, -0.2) is 24.3 Å². The molecule has 0 aromatic heterocycles. The number of rotatable bonds is 2. The van der Waals surface area contributed by atoms with Crippen molar-refractivity contribution in [3.63, 3.8) is 0 Å². The zero-order chi connectivity index (χ0) is 9.90. The summed E-state index contributed by atoms with van der Waals surface area (Å²) in [5.74, 6) is 0. The number of amides is 1. The third-order valence-electron chi connectivity index (χ3n) is 2.51. The Balaban J connectivity index is 2.50. The van der Waals surface area contributed by atoms with Crippen molar-refractivity contribution >= 4 is 6.09 Å². The summed E-state index contributed by atoms with van der Waals surface area (Å²) >= 11 is 0. The van der Waals surface area contributed by atoms with Crippen LogP contribution in [0, 0.1) is 0 Å². The summed E-state index contributed by atoms with van der Waals surface area (Å²) < 4.78 is 5.05. The van der Waals surface area contributed by atoms with Gasteiger partial charge in [-0.2, -0.15) is 0 Å². The second kappa shape index (κ2) is 3.96. The predicted molar refractivity (Wildman–Crippen MR) is 50.4 cm³/mol. The van der Waals surface area contributed by atoms with Gasteiger partial charge in [0, 0.05) is 6.04 Å². The monoisotopic (exact) mass is 186 g/mol. The second-order valence-corrected chi connectivity index (χ2v) is 4.03. The van der Waals surface area contributed by atoms with E-state index < -0.39 is 11.7 Å². The van der Waals surface area contributed by atoms with Gasteiger partial charge in [0.15, 0.2) is 0 Å². The third-order valence-corrected chi connectivity index (χ3v) is 2.51. The molecule has 0 radical (unpaired) electrons. The quantitative estimate of drug-likeness (QED) is 0.676. The summed E-state index contributed by atoms with van der Waals surface area (Å²) in [4.78, 5) is 10.6. The number of primary amides is 1. The van der Waals surface area contributed by atoms with Crippen LogP contribution < -0.4 is 11.1 Å². The fraction of sp³-hybridized carbons (Fsp3) is 0.889. The van der Waals surface area contributed by atoms with E-state index in [1.54, 1.807) is 0 Å². The molecule has 1 unspecified atom stereocenters. The van der Waals surface area contributed by atoms with Gasteiger partial charge in [0.1, 0.15) is 5.60 Å². The van der Waals surface area contributed by atoms with E-state index in [2.05, 4.69) is 5.32 Å². The van der Waals surface area contributed by atoms with Crippen molar-refractivity contribution in [2.24, 2.45) is 5.73 Å². The number of piperidine rings is 1. The van der Waals surface area contributed by atoms with Gasteiger partial charge in [-0.25, -0.2) is 4.79 Å². The summed E-state index contributed by atoms with van der Waals surface area (Å²) in [5, 5.41) is 3.33. The minimum absolute atomic E-state index is 0.230. The van der Waals surface area contributed by atoms with E-state index in [-0.39, 0.29) is 6.04 Å². The van der Waals surface area contributed by atoms with Crippen LogP contribution >= 0.6 is 0 Å². The lowest BCUT2D eigenvalue weighted by Gasteiger charge is -2.36. The normalized spacial score (nSPS) is 24.0. The van der Waals surface area contributed by atoms with E-state index in [4.69, 9.17) is 10.5 Å². The summed E-state index contributed by atoms with van der Waals surface area (Å²) in [6, 6.07) is 0.230. The molecule has 1 heterocycles. The molecule has 0 saturated carbocycles. The lowest BCUT2D eigenvalue weighted by atomic mass is 9.91. The predicted octanol–water partition coefficient (Wildman–Crippen LogP) is 1.00. The largest absolute Gasteiger partial charge is 0.442 e. The van der Waals surface area contributed by atoms with Crippen LogP contribution in [0.1, 0.15) is 33.1 Å². The highest BCUT2D eigenvalue weighted by Crippen LogP contribution is 2.22. The van der Waals surface area contributed by atoms with E-state index in [0.717, 1.165) is 13.0 Å². The molecule has 3 N–H and O–H groups in total. The van der Waals surface area contributed by atoms with Crippen LogP contribution in [-0.2, 0) is 4.74 Å². The first-order valence-electron chi connectivity index (χ1n) is 4.74. The van der Waals surface area contributed by atoms with Gasteiger partial charge in [0.2, 0.25) is 0 Å². The lowest BCUT2D eigenvalue weighted by molar-refractivity contribution is 0.00787. The Kier molecular flexibility index (Phi) is 3.14. The minimum atomic E-state index is -0.697. The van der Waals surface area contributed by atoms with Gasteiger partial charge in [0.05, 0.1) is 0 Å². The molecule has 0 aromatic carbocycles. The van der Waals surface area contributed by atoms with Crippen molar-refractivity contribution in [1.29, 1.82) is 0 Å². The lowest BCUT2D eigenvalue weighted by Crippen LogP contribution is -2.52. The third kappa shape index (κ3) is 2.88. The van der Waals surface area contributed by atoms with E-state index in [1.807, 2.05) is 13.8 Å². The summed E-state index contributed by atoms with van der Waals surface area (Å²) in [6.07, 6.45) is 2.73. The molecule has 0 aliphatic carbocycles. The molecule has 13 heavy (non-hydrogen) atoms. The van der Waals surface area contributed by atoms with Crippen LogP contribution in [0.2, 0.25) is 0 Å². The zero-order valence-corrected chi connectivity index (χ0v) is 8.30. The van der Waals surface area contributed by atoms with E-state index in [9.17, 15) is 4.79 Å². The molecule has 4 heteroatoms. The average molecular weight is 186 g/mol. The van der Waals surface area contributed by atoms with Gasteiger partial charge < -0.3 is 15.8 Å². The Morgan fingerprint density at radius 1 is 1.54 bits per heavy atom. The smallest absolute Gasteiger partial charge is 0.405 e. The molecule has 1 aliphatic rings. The van der Waals surface area contributed by atoms with Crippen LogP contribution in [0.15, 0.2) is 0 Å². The van der Waals surface area contributed by atoms with Gasteiger partial charge in [-0.05, 0) is 33.2 Å². The maximum absolute atomic E-state index is 10.6. The molecule has 1 rings (SSSR count). The topological polar surface area (TPSA) is 64.3 Å². The molecule has 1 amide bonds. The van der Waals surface area contributed by atoms with Gasteiger partial charge in [-0.15, -0.1) is 0 Å². The Labute approximate surface area is 78.8 Å². The number of carbonyl (C=O) groups excluding carboxylic acids is 1. The Hall–Kier alpha value is -0.770. The van der Waals surface area contributed by atoms with E-state index in [1.165, 1.54) is 12.8 Å². The van der Waals surface area contributed by atoms with Crippen molar-refractivity contribution < 1.29 is 9.53 Å². The van der Waals surface area contributed by atoms with Crippen molar-refractivity contribution in [2.45, 2.75) is 44.8 Å². The standard InChI is InChI=1S/C9H18N2O2/c1-9(2,13-8(10)12)7-5-3-4-6-11-7/h7,11H,3-6H2,1-2H3,(H2,10,12). The number of nitrogens with one attached hydrogen (secondary N) is 1. The summed E-state index contributed by atoms with van der Waals surface area (Å²) in [5.41, 5.74) is 4.50. The second-order valence-electron chi connectivity index (χ2n) is 4.03. The van der Waals surface area contributed by atoms with Crippen LogP contribution in [0.3, 0.4) is 0 Å². The number of hydrogen-bond donors (Lipinski definition) is 2. The first-order chi connectivity index (χ1) is 6.02. The molecule has 4 nitrogen and oxygen atoms in total. The minimum Gasteiger partial charge on any atom is -0.442 e. The number of carbonyl (C=O) groups is 1. The molecule has 1 fully saturated rings. The first-order valence-corrected chi connectivity index (χ1v) is 4.74. The van der Waals surface area contributed by atoms with Crippen LogP contribution in [0.5, 0.6) is 0 Å². The van der Waals surface area contributed by atoms with Crippen molar-refractivity contribution in [3.8, 4) is 0 Å². The molecule has 0 spiro atoms. The van der Waals surface area contributed by atoms with E-state index >= 15 is 0 Å². The molecule has 76 valence electrons. The molecule has 0 aromatic rings. The van der Waals surface area contributed by atoms with Gasteiger partial charge >= 0.3 is 6.09 Å². The fourth-order valence-electron chi connectivity index (χ4n) is 1.78. The van der Waals surface area contributed by atoms with Gasteiger partial charge in [-0.3, -0.25) is 0 Å². The molecule has 1 aliphatic heterocycles. The van der Waals surface area contributed by atoms with E-state index in [0.29, 0.717) is 0 Å². The number of nitrogens with two attached hydrogens (primary N) is 1. The molecule has 1 saturated heterocycles. The summed E-state index contributed by atoms with van der Waals surface area (Å²) in [6.45, 7) is 4.78. The average Bonchev–Trinajstić information content (AvgIpc) is 2.04. The SMILES string of the molecule is CC(C)(OC(N)=O)C1CCCCN1. The zero-order valence-electron chi connectivity index (χ0n) is 8.30. The molecule has 1 atom stereocenters. The maximum atomic E-state index is 10.6. The summed E-state index contributed by atoms with van der Waals surface area (Å²) in [7, 11) is 0. The van der Waals surface area contributed by atoms with Crippen molar-refractivity contribution in [1.82, 2.24) is 5.32 Å². The highest BCUT2D eigenvalue weighted by Gasteiger charge is 2.33. The maximum Gasteiger partial charge on any atom is 0.405 e. The van der Waals surface area contributed by atoms with Crippen molar-refractivity contribution in [3.05, 3.63) is 0 Å². The Morgan fingerprint density at radius 2 is 2.23 bits per heavy atom. The molecular weight excluding hydrogens is 168 g/mol. The Bertz CT molecular complexity index is 186. The van der Waals surface area contributed by atoms with Gasteiger partial charge in [-0.1, -0.05) is 6.42 Å². The number of ether oxygens (including phenoxy) is 1. The highest BCUT2D eigenvalue weighted by molar-refractivity contribution is 5.65. The van der Waals surface area contributed by atoms with Crippen LogP contribution in [0.4, 0.5) is 4.79 Å². The number of hydrogen-bond acceptors (Lipinski definition) is 3. The Morgan fingerprint density at radius 3 is 2.69 bits per heavy atom. The fourth-order valence-corrected chi connectivity index (χ4v) is 1.78.